The third-order valence-electron chi connectivity index (χ3n) is 4.70. The van der Waals surface area contributed by atoms with E-state index in [0.717, 1.165) is 57.2 Å². The van der Waals surface area contributed by atoms with E-state index in [9.17, 15) is 0 Å². The molecule has 1 aromatic carbocycles. The van der Waals surface area contributed by atoms with Crippen molar-refractivity contribution in [1.82, 2.24) is 9.88 Å². The van der Waals surface area contributed by atoms with Crippen LogP contribution in [-0.4, -0.2) is 48.4 Å². The van der Waals surface area contributed by atoms with Crippen molar-refractivity contribution >= 4 is 27.3 Å². The van der Waals surface area contributed by atoms with E-state index in [4.69, 9.17) is 14.7 Å². The minimum absolute atomic E-state index is 0.724. The van der Waals surface area contributed by atoms with Crippen LogP contribution in [0.5, 0.6) is 0 Å². The molecule has 23 heavy (non-hydrogen) atoms. The number of benzene rings is 1. The van der Waals surface area contributed by atoms with Crippen LogP contribution in [0, 0.1) is 5.92 Å². The summed E-state index contributed by atoms with van der Waals surface area (Å²) in [7, 11) is 0. The first-order valence-corrected chi connectivity index (χ1v) is 9.33. The van der Waals surface area contributed by atoms with E-state index in [0.29, 0.717) is 0 Å². The maximum absolute atomic E-state index is 5.41. The van der Waals surface area contributed by atoms with Crippen LogP contribution in [0.3, 0.4) is 0 Å². The zero-order chi connectivity index (χ0) is 15.6. The molecule has 4 rings (SSSR count). The molecule has 0 saturated carbocycles. The molecule has 0 spiro atoms. The fraction of sp³-hybridized carbons (Fsp3) is 0.556. The first kappa shape index (κ1) is 15.2. The highest BCUT2D eigenvalue weighted by Crippen LogP contribution is 2.26. The van der Waals surface area contributed by atoms with Gasteiger partial charge in [-0.1, -0.05) is 13.0 Å². The highest BCUT2D eigenvalue weighted by molar-refractivity contribution is 7.18. The van der Waals surface area contributed by atoms with E-state index in [1.165, 1.54) is 27.4 Å². The normalized spacial score (nSPS) is 23.2. The number of morpholine rings is 1. The summed E-state index contributed by atoms with van der Waals surface area (Å²) in [6, 6.07) is 6.66. The number of aromatic nitrogens is 1. The summed E-state index contributed by atoms with van der Waals surface area (Å²) in [4.78, 5) is 12.0. The minimum atomic E-state index is 0.724. The molecule has 1 saturated heterocycles. The molecule has 0 bridgehead atoms. The van der Waals surface area contributed by atoms with Crippen molar-refractivity contribution in [1.29, 1.82) is 0 Å². The summed E-state index contributed by atoms with van der Waals surface area (Å²) < 4.78 is 6.69. The van der Waals surface area contributed by atoms with Crippen molar-refractivity contribution in [2.75, 3.05) is 32.8 Å². The highest BCUT2D eigenvalue weighted by atomic mass is 32.1. The number of hydrogen-bond acceptors (Lipinski definition) is 5. The fourth-order valence-corrected chi connectivity index (χ4v) is 4.22. The van der Waals surface area contributed by atoms with Crippen molar-refractivity contribution in [2.45, 2.75) is 26.3 Å². The molecule has 1 atom stereocenters. The molecule has 122 valence electrons. The number of hydrogen-bond donors (Lipinski definition) is 0. The first-order valence-electron chi connectivity index (χ1n) is 8.51. The highest BCUT2D eigenvalue weighted by Gasteiger charge is 2.16. The lowest BCUT2D eigenvalue weighted by Crippen LogP contribution is -2.35. The van der Waals surface area contributed by atoms with Crippen molar-refractivity contribution in [3.8, 4) is 0 Å². The first-order chi connectivity index (χ1) is 11.3. The van der Waals surface area contributed by atoms with Gasteiger partial charge < -0.3 is 4.74 Å². The second-order valence-electron chi connectivity index (χ2n) is 6.61. The average molecular weight is 329 g/mol. The second-order valence-corrected chi connectivity index (χ2v) is 7.73. The summed E-state index contributed by atoms with van der Waals surface area (Å²) in [5.74, 6) is 0.724. The molecule has 2 aliphatic rings. The van der Waals surface area contributed by atoms with Crippen LogP contribution in [0.4, 0.5) is 0 Å². The number of fused-ring (bicyclic) bond motifs is 1. The topological polar surface area (TPSA) is 37.7 Å². The maximum atomic E-state index is 5.41. The lowest BCUT2D eigenvalue weighted by Gasteiger charge is -2.25. The van der Waals surface area contributed by atoms with Crippen LogP contribution >= 0.6 is 11.3 Å². The largest absolute Gasteiger partial charge is 0.379 e. The van der Waals surface area contributed by atoms with Gasteiger partial charge in [0.1, 0.15) is 5.01 Å². The van der Waals surface area contributed by atoms with E-state index in [1.54, 1.807) is 0 Å². The van der Waals surface area contributed by atoms with Gasteiger partial charge >= 0.3 is 0 Å². The van der Waals surface area contributed by atoms with E-state index in [2.05, 4.69) is 30.0 Å². The monoisotopic (exact) mass is 329 g/mol. The molecule has 1 aromatic heterocycles. The Hall–Kier alpha value is -1.30. The minimum Gasteiger partial charge on any atom is -0.379 e. The van der Waals surface area contributed by atoms with Gasteiger partial charge in [-0.3, -0.25) is 9.89 Å². The summed E-state index contributed by atoms with van der Waals surface area (Å²) in [5, 5.41) is 1.21. The number of ether oxygens (including phenoxy) is 1. The quantitative estimate of drug-likeness (QED) is 0.867. The number of rotatable bonds is 3. The predicted molar refractivity (Wildman–Crippen MR) is 95.5 cm³/mol. The van der Waals surface area contributed by atoms with Crippen LogP contribution in [0.15, 0.2) is 23.2 Å². The molecule has 1 unspecified atom stereocenters. The van der Waals surface area contributed by atoms with Crippen LogP contribution in [0.1, 0.15) is 30.3 Å². The zero-order valence-corrected chi connectivity index (χ0v) is 14.4. The number of thiazole rings is 1. The van der Waals surface area contributed by atoms with Crippen LogP contribution < -0.4 is 0 Å². The number of aliphatic imine (C=N–C) groups is 1. The average Bonchev–Trinajstić information content (AvgIpc) is 2.98. The molecule has 1 fully saturated rings. The maximum Gasteiger partial charge on any atom is 0.108 e. The zero-order valence-electron chi connectivity index (χ0n) is 13.6. The molecule has 0 aliphatic carbocycles. The van der Waals surface area contributed by atoms with Gasteiger partial charge in [0, 0.05) is 25.3 Å². The molecule has 5 heteroatoms. The van der Waals surface area contributed by atoms with Crippen molar-refractivity contribution in [3.63, 3.8) is 0 Å². The number of nitrogens with zero attached hydrogens (tertiary/aromatic N) is 3. The van der Waals surface area contributed by atoms with E-state index in [1.807, 2.05) is 11.3 Å². The van der Waals surface area contributed by atoms with E-state index >= 15 is 0 Å². The van der Waals surface area contributed by atoms with Crippen molar-refractivity contribution < 1.29 is 4.74 Å². The van der Waals surface area contributed by atoms with Gasteiger partial charge in [-0.05, 0) is 36.5 Å². The Balaban J connectivity index is 1.54. The van der Waals surface area contributed by atoms with Gasteiger partial charge in [0.15, 0.2) is 0 Å². The van der Waals surface area contributed by atoms with Crippen LogP contribution in [0.25, 0.3) is 10.2 Å². The van der Waals surface area contributed by atoms with Gasteiger partial charge in [-0.15, -0.1) is 11.3 Å². The Bertz CT molecular complexity index is 718. The molecule has 4 nitrogen and oxygen atoms in total. The van der Waals surface area contributed by atoms with Crippen LogP contribution in [0.2, 0.25) is 0 Å². The van der Waals surface area contributed by atoms with Gasteiger partial charge in [-0.25, -0.2) is 4.98 Å². The Morgan fingerprint density at radius 2 is 2.17 bits per heavy atom. The summed E-state index contributed by atoms with van der Waals surface area (Å²) in [6.07, 6.45) is 2.34. The smallest absolute Gasteiger partial charge is 0.108 e. The summed E-state index contributed by atoms with van der Waals surface area (Å²) in [5.41, 5.74) is 3.64. The fourth-order valence-electron chi connectivity index (χ4n) is 3.23. The molecular weight excluding hydrogens is 306 g/mol. The molecule has 2 aromatic rings. The van der Waals surface area contributed by atoms with Gasteiger partial charge in [0.25, 0.3) is 0 Å². The van der Waals surface area contributed by atoms with Gasteiger partial charge in [0.2, 0.25) is 0 Å². The Morgan fingerprint density at radius 3 is 2.96 bits per heavy atom. The third kappa shape index (κ3) is 3.47. The van der Waals surface area contributed by atoms with E-state index in [-0.39, 0.29) is 0 Å². The Morgan fingerprint density at radius 1 is 1.30 bits per heavy atom. The molecule has 0 radical (unpaired) electrons. The summed E-state index contributed by atoms with van der Waals surface area (Å²) >= 11 is 1.81. The Labute approximate surface area is 141 Å². The lowest BCUT2D eigenvalue weighted by molar-refractivity contribution is 0.0342. The van der Waals surface area contributed by atoms with Crippen molar-refractivity contribution in [3.05, 3.63) is 28.8 Å². The molecule has 3 heterocycles. The second kappa shape index (κ2) is 6.67. The van der Waals surface area contributed by atoms with Gasteiger partial charge in [-0.2, -0.15) is 0 Å². The standard InChI is InChI=1S/C18H23N3OS/c1-13-2-4-15(19-11-13)14-3-5-17-16(10-14)20-18(23-17)12-21-6-8-22-9-7-21/h3,5,10,13H,2,4,6-9,11-12H2,1H3. The van der Waals surface area contributed by atoms with Gasteiger partial charge in [0.05, 0.1) is 30.0 Å². The Kier molecular flexibility index (Phi) is 4.42. The molecule has 2 aliphatic heterocycles. The lowest BCUT2D eigenvalue weighted by atomic mass is 9.96. The summed E-state index contributed by atoms with van der Waals surface area (Å²) in [6.45, 7) is 7.89. The third-order valence-corrected chi connectivity index (χ3v) is 5.72. The van der Waals surface area contributed by atoms with E-state index < -0.39 is 0 Å². The SMILES string of the molecule is CC1CCC(c2ccc3sc(CN4CCOCC4)nc3c2)=NC1. The molecular formula is C18H23N3OS. The van der Waals surface area contributed by atoms with Crippen molar-refractivity contribution in [2.24, 2.45) is 10.9 Å². The molecule has 0 N–H and O–H groups in total. The molecule has 0 amide bonds. The predicted octanol–water partition coefficient (Wildman–Crippen LogP) is 3.35. The van der Waals surface area contributed by atoms with Crippen LogP contribution in [-0.2, 0) is 11.3 Å².